The van der Waals surface area contributed by atoms with Crippen molar-refractivity contribution in [2.24, 2.45) is 16.1 Å². The number of aromatic nitrogens is 3. The fourth-order valence-corrected chi connectivity index (χ4v) is 6.06. The summed E-state index contributed by atoms with van der Waals surface area (Å²) >= 11 is 6.34. The maximum atomic E-state index is 15.7. The zero-order chi connectivity index (χ0) is 37.0. The number of carbonyl (C=O) groups is 2. The number of nitrogens with one attached hydrogen (secondary N) is 1. The summed E-state index contributed by atoms with van der Waals surface area (Å²) in [7, 11) is 1.12. The molecule has 3 N–H and O–H groups in total. The number of carbonyl (C=O) groups excluding carboxylic acids is 2. The van der Waals surface area contributed by atoms with E-state index in [1.807, 2.05) is 0 Å². The van der Waals surface area contributed by atoms with Gasteiger partial charge in [0.2, 0.25) is 5.82 Å². The summed E-state index contributed by atoms with van der Waals surface area (Å²) in [4.78, 5) is 36.1. The van der Waals surface area contributed by atoms with Crippen LogP contribution in [0.15, 0.2) is 41.7 Å². The first kappa shape index (κ1) is 36.7. The van der Waals surface area contributed by atoms with Crippen molar-refractivity contribution in [3.8, 4) is 11.4 Å². The number of hydrogen-bond donors (Lipinski definition) is 2. The minimum atomic E-state index is -4.77. The number of aliphatic imine (C=N–C) groups is 1. The second kappa shape index (κ2) is 12.9. The standard InChI is InChI=1S/C31H31ClF7N7O4/c1-28(2,3)13-30(16-6-8-20(49-4)22(34)21(16)33)25(47)45(26(40)43-30)19(12-50-27(48)44-29(9-10-29)31(37,38)39)15-5-7-17(32)18(11-15)46-24(23(35)36)41-14-42-46/h5-8,11,14,19,23H,9-10,12-13H2,1-4H3,(H2,40,43)(H,44,48)/t19?,30-/m1/s1. The minimum Gasteiger partial charge on any atom is -0.494 e. The van der Waals surface area contributed by atoms with E-state index in [0.717, 1.165) is 35.2 Å². The molecule has 1 aliphatic carbocycles. The van der Waals surface area contributed by atoms with Crippen molar-refractivity contribution in [2.45, 2.75) is 69.8 Å². The Morgan fingerprint density at radius 1 is 1.12 bits per heavy atom. The number of halogens is 8. The number of nitrogens with two attached hydrogens (primary N) is 1. The SMILES string of the molecule is COc1ccc([C@@]2(CC(C)(C)C)N=C(N)N(C(COC(=O)NC3(C(F)(F)F)CC3)c3ccc(Cl)c(-n4ncnc4C(F)F)c3)C2=O)c(F)c1F. The van der Waals surface area contributed by atoms with Gasteiger partial charge >= 0.3 is 12.3 Å². The molecule has 2 heterocycles. The van der Waals surface area contributed by atoms with Crippen LogP contribution in [0.2, 0.25) is 5.02 Å². The van der Waals surface area contributed by atoms with E-state index in [1.165, 1.54) is 18.2 Å². The number of methoxy groups -OCH3 is 1. The van der Waals surface area contributed by atoms with Gasteiger partial charge in [0.15, 0.2) is 28.9 Å². The summed E-state index contributed by atoms with van der Waals surface area (Å²) in [6.07, 6.45) is -9.51. The van der Waals surface area contributed by atoms with Crippen LogP contribution in [0.5, 0.6) is 5.75 Å². The molecule has 0 saturated heterocycles. The van der Waals surface area contributed by atoms with Gasteiger partial charge in [-0.05, 0) is 54.5 Å². The molecule has 1 aliphatic heterocycles. The fraction of sp³-hybridized carbons (Fsp3) is 0.452. The second-order valence-electron chi connectivity index (χ2n) is 13.0. The predicted octanol–water partition coefficient (Wildman–Crippen LogP) is 6.50. The number of guanidine groups is 1. The van der Waals surface area contributed by atoms with Gasteiger partial charge in [0.1, 0.15) is 18.5 Å². The number of alkyl halides is 5. The highest BCUT2D eigenvalue weighted by Gasteiger charge is 2.64. The number of amides is 2. The smallest absolute Gasteiger partial charge is 0.411 e. The van der Waals surface area contributed by atoms with Crippen molar-refractivity contribution in [3.05, 3.63) is 70.3 Å². The lowest BCUT2D eigenvalue weighted by Crippen LogP contribution is -2.50. The molecule has 1 aromatic heterocycles. The molecule has 0 radical (unpaired) electrons. The first-order valence-corrected chi connectivity index (χ1v) is 15.3. The maximum Gasteiger partial charge on any atom is 0.411 e. The molecule has 0 spiro atoms. The highest BCUT2D eigenvalue weighted by atomic mass is 35.5. The molecular formula is C31H31ClF7N7O4. The molecule has 270 valence electrons. The topological polar surface area (TPSA) is 137 Å². The number of alkyl carbamates (subject to hydrolysis) is 1. The molecule has 2 atom stereocenters. The lowest BCUT2D eigenvalue weighted by molar-refractivity contribution is -0.164. The van der Waals surface area contributed by atoms with Crippen molar-refractivity contribution in [2.75, 3.05) is 13.7 Å². The molecule has 19 heteroatoms. The molecule has 1 unspecified atom stereocenters. The lowest BCUT2D eigenvalue weighted by atomic mass is 9.75. The van der Waals surface area contributed by atoms with Crippen LogP contribution in [0, 0.1) is 17.0 Å². The summed E-state index contributed by atoms with van der Waals surface area (Å²) in [5, 5.41) is 5.50. The zero-order valence-electron chi connectivity index (χ0n) is 26.9. The average molecular weight is 734 g/mol. The third-order valence-electron chi connectivity index (χ3n) is 8.29. The van der Waals surface area contributed by atoms with E-state index in [0.29, 0.717) is 0 Å². The third-order valence-corrected chi connectivity index (χ3v) is 8.61. The Morgan fingerprint density at radius 2 is 1.80 bits per heavy atom. The summed E-state index contributed by atoms with van der Waals surface area (Å²) in [5.74, 6) is -5.67. The molecular weight excluding hydrogens is 703 g/mol. The van der Waals surface area contributed by atoms with E-state index < -0.39 is 88.5 Å². The Hall–Kier alpha value is -4.61. The molecule has 11 nitrogen and oxygen atoms in total. The van der Waals surface area contributed by atoms with Gasteiger partial charge < -0.3 is 20.5 Å². The number of hydrogen-bond acceptors (Lipinski definition) is 8. The summed E-state index contributed by atoms with van der Waals surface area (Å²) in [6, 6.07) is 4.44. The van der Waals surface area contributed by atoms with E-state index in [2.05, 4.69) is 15.1 Å². The molecule has 1 saturated carbocycles. The largest absolute Gasteiger partial charge is 0.494 e. The van der Waals surface area contributed by atoms with Crippen LogP contribution >= 0.6 is 11.6 Å². The number of nitrogens with zero attached hydrogens (tertiary/aromatic N) is 5. The summed E-state index contributed by atoms with van der Waals surface area (Å²) in [6.45, 7) is 4.25. The van der Waals surface area contributed by atoms with Crippen molar-refractivity contribution in [3.63, 3.8) is 0 Å². The van der Waals surface area contributed by atoms with Gasteiger partial charge in [-0.25, -0.2) is 32.6 Å². The Balaban J connectivity index is 1.62. The van der Waals surface area contributed by atoms with Gasteiger partial charge in [-0.15, -0.1) is 0 Å². The summed E-state index contributed by atoms with van der Waals surface area (Å²) < 4.78 is 110. The van der Waals surface area contributed by atoms with E-state index in [9.17, 15) is 31.5 Å². The maximum absolute atomic E-state index is 15.7. The average Bonchev–Trinajstić information content (AvgIpc) is 3.57. The molecule has 2 amide bonds. The van der Waals surface area contributed by atoms with Crippen LogP contribution in [-0.2, 0) is 15.1 Å². The number of rotatable bonds is 10. The Labute approximate surface area is 285 Å². The Morgan fingerprint density at radius 3 is 2.38 bits per heavy atom. The normalized spacial score (nSPS) is 19.4. The van der Waals surface area contributed by atoms with Gasteiger partial charge in [0.05, 0.1) is 23.9 Å². The quantitative estimate of drug-likeness (QED) is 0.227. The predicted molar refractivity (Wildman–Crippen MR) is 164 cm³/mol. The van der Waals surface area contributed by atoms with Crippen LogP contribution in [0.3, 0.4) is 0 Å². The van der Waals surface area contributed by atoms with Gasteiger partial charge in [-0.3, -0.25) is 9.69 Å². The first-order valence-electron chi connectivity index (χ1n) is 15.0. The highest BCUT2D eigenvalue weighted by molar-refractivity contribution is 6.32. The monoisotopic (exact) mass is 733 g/mol. The van der Waals surface area contributed by atoms with Gasteiger partial charge in [0.25, 0.3) is 12.3 Å². The molecule has 5 rings (SSSR count). The van der Waals surface area contributed by atoms with Gasteiger partial charge in [0, 0.05) is 5.56 Å². The highest BCUT2D eigenvalue weighted by Crippen LogP contribution is 2.49. The molecule has 2 aromatic carbocycles. The number of benzene rings is 2. The molecule has 3 aromatic rings. The van der Waals surface area contributed by atoms with E-state index in [-0.39, 0.29) is 35.5 Å². The van der Waals surface area contributed by atoms with Crippen LogP contribution < -0.4 is 15.8 Å². The van der Waals surface area contributed by atoms with E-state index in [4.69, 9.17) is 26.8 Å². The lowest BCUT2D eigenvalue weighted by Gasteiger charge is -2.35. The zero-order valence-corrected chi connectivity index (χ0v) is 27.7. The van der Waals surface area contributed by atoms with Crippen LogP contribution in [-0.4, -0.2) is 63.1 Å². The van der Waals surface area contributed by atoms with Crippen LogP contribution in [0.4, 0.5) is 35.5 Å². The Bertz CT molecular complexity index is 1840. The summed E-state index contributed by atoms with van der Waals surface area (Å²) in [5.41, 5.74) is 0.212. The number of ether oxygens (including phenoxy) is 2. The van der Waals surface area contributed by atoms with E-state index >= 15 is 8.78 Å². The Kier molecular flexibility index (Phi) is 9.48. The fourth-order valence-electron chi connectivity index (χ4n) is 5.86. The van der Waals surface area contributed by atoms with Crippen molar-refractivity contribution in [1.82, 2.24) is 25.0 Å². The van der Waals surface area contributed by atoms with Crippen molar-refractivity contribution < 1.29 is 49.8 Å². The van der Waals surface area contributed by atoms with Gasteiger partial charge in [-0.1, -0.05) is 38.4 Å². The van der Waals surface area contributed by atoms with E-state index in [1.54, 1.807) is 26.1 Å². The molecule has 2 aliphatic rings. The van der Waals surface area contributed by atoms with Crippen molar-refractivity contribution in [1.29, 1.82) is 0 Å². The second-order valence-corrected chi connectivity index (χ2v) is 13.5. The van der Waals surface area contributed by atoms with Crippen molar-refractivity contribution >= 4 is 29.6 Å². The van der Waals surface area contributed by atoms with Crippen LogP contribution in [0.1, 0.15) is 69.5 Å². The first-order chi connectivity index (χ1) is 23.2. The van der Waals surface area contributed by atoms with Gasteiger partial charge in [-0.2, -0.15) is 22.7 Å². The van der Waals surface area contributed by atoms with Crippen LogP contribution in [0.25, 0.3) is 5.69 Å². The third kappa shape index (κ3) is 6.64. The molecule has 50 heavy (non-hydrogen) atoms. The molecule has 1 fully saturated rings. The molecule has 0 bridgehead atoms. The minimum absolute atomic E-state index is 0.00400.